The highest BCUT2D eigenvalue weighted by Gasteiger charge is 2.25. The summed E-state index contributed by atoms with van der Waals surface area (Å²) < 4.78 is 0. The molecule has 2 aliphatic heterocycles. The number of fused-ring (bicyclic) bond motifs is 2. The number of rotatable bonds is 3. The maximum Gasteiger partial charge on any atom is 0.278 e. The molecule has 29 heavy (non-hydrogen) atoms. The number of carbonyl (C=O) groups is 2. The van der Waals surface area contributed by atoms with E-state index < -0.39 is 0 Å². The normalized spacial score (nSPS) is 15.0. The van der Waals surface area contributed by atoms with Crippen LogP contribution in [-0.4, -0.2) is 42.0 Å². The molecular weight excluding hydrogens is 364 g/mol. The topological polar surface area (TPSA) is 56.2 Å². The SMILES string of the molecule is CN(C)C=NC(=O)c1ccc(C(=O)N2C=C3CC=CN3Cc3ccccc32)cc1. The molecule has 0 radical (unpaired) electrons. The zero-order valence-corrected chi connectivity index (χ0v) is 16.4. The molecule has 2 amide bonds. The number of nitrogens with zero attached hydrogens (tertiary/aromatic N) is 4. The highest BCUT2D eigenvalue weighted by molar-refractivity contribution is 6.08. The average Bonchev–Trinajstić information content (AvgIpc) is 3.10. The van der Waals surface area contributed by atoms with Gasteiger partial charge in [-0.2, -0.15) is 4.99 Å². The van der Waals surface area contributed by atoms with E-state index in [4.69, 9.17) is 0 Å². The molecule has 0 bridgehead atoms. The lowest BCUT2D eigenvalue weighted by Crippen LogP contribution is -2.26. The van der Waals surface area contributed by atoms with Gasteiger partial charge in [0.25, 0.3) is 11.8 Å². The standard InChI is InChI=1S/C23H22N4O2/c1-25(2)16-24-22(28)17-9-11-18(12-10-17)23(29)27-15-20-7-5-13-26(20)14-19-6-3-4-8-21(19)27/h3-6,8-13,15-16H,7,14H2,1-2H3. The molecule has 2 aromatic rings. The summed E-state index contributed by atoms with van der Waals surface area (Å²) in [6.07, 6.45) is 8.33. The van der Waals surface area contributed by atoms with Crippen LogP contribution < -0.4 is 4.90 Å². The van der Waals surface area contributed by atoms with E-state index in [0.29, 0.717) is 11.1 Å². The monoisotopic (exact) mass is 386 g/mol. The Morgan fingerprint density at radius 2 is 1.76 bits per heavy atom. The van der Waals surface area contributed by atoms with Crippen LogP contribution in [0.15, 0.2) is 77.7 Å². The van der Waals surface area contributed by atoms with Gasteiger partial charge in [0.1, 0.15) is 0 Å². The summed E-state index contributed by atoms with van der Waals surface area (Å²) in [6, 6.07) is 14.6. The van der Waals surface area contributed by atoms with Crippen molar-refractivity contribution in [3.05, 3.63) is 89.4 Å². The van der Waals surface area contributed by atoms with Crippen LogP contribution in [0.25, 0.3) is 0 Å². The van der Waals surface area contributed by atoms with Crippen molar-refractivity contribution in [1.29, 1.82) is 0 Å². The molecule has 0 saturated carbocycles. The van der Waals surface area contributed by atoms with Crippen LogP contribution >= 0.6 is 0 Å². The summed E-state index contributed by atoms with van der Waals surface area (Å²) in [7, 11) is 3.60. The van der Waals surface area contributed by atoms with Gasteiger partial charge in [-0.3, -0.25) is 14.5 Å². The van der Waals surface area contributed by atoms with E-state index in [0.717, 1.165) is 29.9 Å². The summed E-state index contributed by atoms with van der Waals surface area (Å²) in [6.45, 7) is 0.736. The maximum atomic E-state index is 13.3. The third-order valence-corrected chi connectivity index (χ3v) is 4.85. The first-order chi connectivity index (χ1) is 14.0. The molecule has 146 valence electrons. The van der Waals surface area contributed by atoms with Gasteiger partial charge in [-0.15, -0.1) is 0 Å². The van der Waals surface area contributed by atoms with Crippen molar-refractivity contribution in [2.45, 2.75) is 13.0 Å². The number of aliphatic imine (C=N–C) groups is 1. The second kappa shape index (κ2) is 7.75. The van der Waals surface area contributed by atoms with Crippen molar-refractivity contribution in [2.24, 2.45) is 4.99 Å². The molecule has 6 nitrogen and oxygen atoms in total. The van der Waals surface area contributed by atoms with Crippen LogP contribution in [0, 0.1) is 0 Å². The molecule has 0 spiro atoms. The van der Waals surface area contributed by atoms with Crippen LogP contribution in [0.3, 0.4) is 0 Å². The number of benzene rings is 2. The van der Waals surface area contributed by atoms with Crippen molar-refractivity contribution in [2.75, 3.05) is 19.0 Å². The van der Waals surface area contributed by atoms with Crippen molar-refractivity contribution in [3.63, 3.8) is 0 Å². The van der Waals surface area contributed by atoms with Crippen molar-refractivity contribution >= 4 is 23.8 Å². The first-order valence-corrected chi connectivity index (χ1v) is 9.43. The Labute approximate surface area is 170 Å². The fourth-order valence-electron chi connectivity index (χ4n) is 3.38. The Kier molecular flexibility index (Phi) is 4.99. The smallest absolute Gasteiger partial charge is 0.278 e. The quantitative estimate of drug-likeness (QED) is 0.597. The highest BCUT2D eigenvalue weighted by atomic mass is 16.2. The lowest BCUT2D eigenvalue weighted by molar-refractivity contribution is 0.0988. The molecule has 2 aliphatic rings. The zero-order valence-electron chi connectivity index (χ0n) is 16.4. The number of allylic oxidation sites excluding steroid dienone is 1. The third kappa shape index (κ3) is 3.82. The molecule has 2 heterocycles. The van der Waals surface area contributed by atoms with Gasteiger partial charge in [0, 0.05) is 56.3 Å². The van der Waals surface area contributed by atoms with Gasteiger partial charge >= 0.3 is 0 Å². The van der Waals surface area contributed by atoms with E-state index in [-0.39, 0.29) is 11.8 Å². The summed E-state index contributed by atoms with van der Waals surface area (Å²) in [5.74, 6) is -0.470. The van der Waals surface area contributed by atoms with Gasteiger partial charge in [-0.05, 0) is 35.9 Å². The molecule has 4 rings (SSSR count). The van der Waals surface area contributed by atoms with Crippen LogP contribution in [0.4, 0.5) is 5.69 Å². The number of hydrogen-bond acceptors (Lipinski definition) is 3. The van der Waals surface area contributed by atoms with E-state index in [1.807, 2.05) is 30.5 Å². The predicted molar refractivity (Wildman–Crippen MR) is 114 cm³/mol. The van der Waals surface area contributed by atoms with E-state index in [2.05, 4.69) is 22.2 Å². The second-order valence-electron chi connectivity index (χ2n) is 7.23. The number of hydrogen-bond donors (Lipinski definition) is 0. The van der Waals surface area contributed by atoms with E-state index >= 15 is 0 Å². The van der Waals surface area contributed by atoms with Crippen LogP contribution in [-0.2, 0) is 6.54 Å². The molecule has 0 aliphatic carbocycles. The highest BCUT2D eigenvalue weighted by Crippen LogP contribution is 2.32. The summed E-state index contributed by atoms with van der Waals surface area (Å²) >= 11 is 0. The molecule has 0 atom stereocenters. The molecule has 0 N–H and O–H groups in total. The van der Waals surface area contributed by atoms with Crippen molar-refractivity contribution in [3.8, 4) is 0 Å². The number of anilines is 1. The number of amides is 2. The first-order valence-electron chi connectivity index (χ1n) is 9.43. The van der Waals surface area contributed by atoms with Gasteiger partial charge in [0.2, 0.25) is 0 Å². The van der Waals surface area contributed by atoms with Crippen molar-refractivity contribution in [1.82, 2.24) is 9.80 Å². The minimum atomic E-state index is -0.340. The fourth-order valence-corrected chi connectivity index (χ4v) is 3.38. The molecule has 0 saturated heterocycles. The van der Waals surface area contributed by atoms with Gasteiger partial charge in [0.05, 0.1) is 12.0 Å². The first kappa shape index (κ1) is 18.7. The molecule has 0 fully saturated rings. The Hall–Kier alpha value is -3.67. The minimum absolute atomic E-state index is 0.130. The van der Waals surface area contributed by atoms with Gasteiger partial charge < -0.3 is 9.80 Å². The molecule has 2 aromatic carbocycles. The van der Waals surface area contributed by atoms with E-state index in [1.165, 1.54) is 6.34 Å². The fraction of sp³-hybridized carbons (Fsp3) is 0.174. The average molecular weight is 386 g/mol. The van der Waals surface area contributed by atoms with E-state index in [1.54, 1.807) is 48.2 Å². The molecular formula is C23H22N4O2. The Bertz CT molecular complexity index is 1040. The molecule has 0 unspecified atom stereocenters. The minimum Gasteiger partial charge on any atom is -0.369 e. The maximum absolute atomic E-state index is 13.3. The lowest BCUT2D eigenvalue weighted by atomic mass is 10.1. The van der Waals surface area contributed by atoms with Crippen LogP contribution in [0.5, 0.6) is 0 Å². The summed E-state index contributed by atoms with van der Waals surface area (Å²) in [5.41, 5.74) is 4.01. The lowest BCUT2D eigenvalue weighted by Gasteiger charge is -2.20. The molecule has 6 heteroatoms. The molecule has 0 aromatic heterocycles. The summed E-state index contributed by atoms with van der Waals surface area (Å²) in [5, 5.41) is 0. The Morgan fingerprint density at radius 1 is 1.03 bits per heavy atom. The Morgan fingerprint density at radius 3 is 2.52 bits per heavy atom. The van der Waals surface area contributed by atoms with Crippen LogP contribution in [0.2, 0.25) is 0 Å². The van der Waals surface area contributed by atoms with Crippen LogP contribution in [0.1, 0.15) is 32.7 Å². The number of para-hydroxylation sites is 1. The third-order valence-electron chi connectivity index (χ3n) is 4.85. The van der Waals surface area contributed by atoms with Gasteiger partial charge in [-0.25, -0.2) is 0 Å². The van der Waals surface area contributed by atoms with E-state index in [9.17, 15) is 9.59 Å². The Balaban J connectivity index is 1.63. The second-order valence-corrected chi connectivity index (χ2v) is 7.23. The van der Waals surface area contributed by atoms with Gasteiger partial charge in [0.15, 0.2) is 0 Å². The van der Waals surface area contributed by atoms with Gasteiger partial charge in [-0.1, -0.05) is 24.3 Å². The summed E-state index contributed by atoms with van der Waals surface area (Å²) in [4.78, 5) is 34.9. The zero-order chi connectivity index (χ0) is 20.4. The van der Waals surface area contributed by atoms with Crippen molar-refractivity contribution < 1.29 is 9.59 Å². The largest absolute Gasteiger partial charge is 0.369 e. The number of carbonyl (C=O) groups excluding carboxylic acids is 2. The predicted octanol–water partition coefficient (Wildman–Crippen LogP) is 3.64.